The van der Waals surface area contributed by atoms with Crippen LogP contribution in [0.2, 0.25) is 0 Å². The molecule has 2 aliphatic rings. The largest absolute Gasteiger partial charge is 0.379 e. The number of rotatable bonds is 6. The van der Waals surface area contributed by atoms with Gasteiger partial charge in [-0.15, -0.1) is 0 Å². The van der Waals surface area contributed by atoms with E-state index < -0.39 is 0 Å². The number of methoxy groups -OCH3 is 1. The van der Waals surface area contributed by atoms with E-state index in [1.165, 1.54) is 32.4 Å². The second kappa shape index (κ2) is 5.25. The van der Waals surface area contributed by atoms with Crippen LogP contribution in [0.4, 0.5) is 0 Å². The Morgan fingerprint density at radius 2 is 2.27 bits per heavy atom. The van der Waals surface area contributed by atoms with Gasteiger partial charge in [0.15, 0.2) is 0 Å². The van der Waals surface area contributed by atoms with Crippen LogP contribution < -0.4 is 11.1 Å². The summed E-state index contributed by atoms with van der Waals surface area (Å²) in [4.78, 5) is 2.61. The second-order valence-corrected chi connectivity index (χ2v) is 4.71. The van der Waals surface area contributed by atoms with Crippen molar-refractivity contribution >= 4 is 0 Å². The Kier molecular flexibility index (Phi) is 3.97. The van der Waals surface area contributed by atoms with E-state index in [1.807, 2.05) is 0 Å². The minimum atomic E-state index is 0.167. The Bertz CT molecular complexity index is 192. The van der Waals surface area contributed by atoms with E-state index in [0.717, 1.165) is 12.6 Å². The number of ether oxygens (including phenoxy) is 1. The molecule has 4 heteroatoms. The number of hydrogen-bond donors (Lipinski definition) is 2. The fraction of sp³-hybridized carbons (Fsp3) is 1.00. The zero-order valence-corrected chi connectivity index (χ0v) is 9.61. The normalized spacial score (nSPS) is 29.6. The summed E-state index contributed by atoms with van der Waals surface area (Å²) >= 11 is 0. The maximum Gasteiger partial charge on any atom is 0.0817 e. The lowest BCUT2D eigenvalue weighted by Gasteiger charge is -2.19. The standard InChI is InChI=1S/C11H23N3O/c1-15-11(6-12)7-13-9-4-5-14(8-9)10-2-3-10/h9-11,13H,2-8,12H2,1H3. The third-order valence-corrected chi connectivity index (χ3v) is 3.51. The molecule has 88 valence electrons. The lowest BCUT2D eigenvalue weighted by atomic mass is 10.2. The van der Waals surface area contributed by atoms with Crippen molar-refractivity contribution in [2.75, 3.05) is 33.3 Å². The molecule has 1 saturated carbocycles. The molecule has 15 heavy (non-hydrogen) atoms. The molecule has 0 aromatic rings. The molecule has 1 aliphatic carbocycles. The molecule has 2 atom stereocenters. The zero-order chi connectivity index (χ0) is 10.7. The van der Waals surface area contributed by atoms with Crippen molar-refractivity contribution in [3.05, 3.63) is 0 Å². The summed E-state index contributed by atoms with van der Waals surface area (Å²) in [6, 6.07) is 1.55. The summed E-state index contributed by atoms with van der Waals surface area (Å²) in [6.07, 6.45) is 4.27. The monoisotopic (exact) mass is 213 g/mol. The van der Waals surface area contributed by atoms with E-state index in [2.05, 4.69) is 10.2 Å². The topological polar surface area (TPSA) is 50.5 Å². The highest BCUT2D eigenvalue weighted by atomic mass is 16.5. The number of nitrogens with zero attached hydrogens (tertiary/aromatic N) is 1. The van der Waals surface area contributed by atoms with Gasteiger partial charge in [-0.1, -0.05) is 0 Å². The molecule has 0 aromatic heterocycles. The predicted molar refractivity (Wildman–Crippen MR) is 60.9 cm³/mol. The van der Waals surface area contributed by atoms with Crippen molar-refractivity contribution in [3.63, 3.8) is 0 Å². The van der Waals surface area contributed by atoms with Gasteiger partial charge in [0.1, 0.15) is 0 Å². The van der Waals surface area contributed by atoms with Crippen LogP contribution in [0.15, 0.2) is 0 Å². The number of hydrogen-bond acceptors (Lipinski definition) is 4. The maximum absolute atomic E-state index is 5.58. The SMILES string of the molecule is COC(CN)CNC1CCN(C2CC2)C1. The molecule has 2 rings (SSSR count). The lowest BCUT2D eigenvalue weighted by molar-refractivity contribution is 0.106. The van der Waals surface area contributed by atoms with Gasteiger partial charge in [0.05, 0.1) is 6.10 Å². The minimum absolute atomic E-state index is 0.167. The van der Waals surface area contributed by atoms with Crippen LogP contribution in [-0.2, 0) is 4.74 Å². The summed E-state index contributed by atoms with van der Waals surface area (Å²) < 4.78 is 5.24. The average Bonchev–Trinajstić information content (AvgIpc) is 3.01. The third kappa shape index (κ3) is 3.14. The number of likely N-dealkylation sites (tertiary alicyclic amines) is 1. The Balaban J connectivity index is 1.63. The molecule has 1 saturated heterocycles. The van der Waals surface area contributed by atoms with Crippen molar-refractivity contribution in [2.45, 2.75) is 37.5 Å². The molecule has 1 heterocycles. The summed E-state index contributed by atoms with van der Waals surface area (Å²) in [6.45, 7) is 3.97. The highest BCUT2D eigenvalue weighted by Gasteiger charge is 2.34. The van der Waals surface area contributed by atoms with Gasteiger partial charge in [-0.2, -0.15) is 0 Å². The molecule has 3 N–H and O–H groups in total. The third-order valence-electron chi connectivity index (χ3n) is 3.51. The van der Waals surface area contributed by atoms with Crippen LogP contribution >= 0.6 is 0 Å². The van der Waals surface area contributed by atoms with Crippen LogP contribution in [0.5, 0.6) is 0 Å². The molecule has 2 fully saturated rings. The lowest BCUT2D eigenvalue weighted by Crippen LogP contribution is -2.41. The highest BCUT2D eigenvalue weighted by Crippen LogP contribution is 2.29. The molecule has 0 bridgehead atoms. The van der Waals surface area contributed by atoms with Gasteiger partial charge in [0, 0.05) is 45.4 Å². The van der Waals surface area contributed by atoms with Crippen molar-refractivity contribution in [2.24, 2.45) is 5.73 Å². The summed E-state index contributed by atoms with van der Waals surface area (Å²) in [5.41, 5.74) is 5.58. The number of nitrogens with one attached hydrogen (secondary N) is 1. The molecule has 0 radical (unpaired) electrons. The fourth-order valence-electron chi connectivity index (χ4n) is 2.29. The zero-order valence-electron chi connectivity index (χ0n) is 9.61. The average molecular weight is 213 g/mol. The van der Waals surface area contributed by atoms with Crippen LogP contribution in [0, 0.1) is 0 Å². The van der Waals surface area contributed by atoms with Gasteiger partial charge in [-0.3, -0.25) is 4.90 Å². The Hall–Kier alpha value is -0.160. The molecule has 4 nitrogen and oxygen atoms in total. The quantitative estimate of drug-likeness (QED) is 0.641. The van der Waals surface area contributed by atoms with E-state index in [9.17, 15) is 0 Å². The molecule has 1 aliphatic heterocycles. The van der Waals surface area contributed by atoms with Gasteiger partial charge in [-0.25, -0.2) is 0 Å². The fourth-order valence-corrected chi connectivity index (χ4v) is 2.29. The Morgan fingerprint density at radius 1 is 1.47 bits per heavy atom. The van der Waals surface area contributed by atoms with Crippen molar-refractivity contribution in [1.82, 2.24) is 10.2 Å². The summed E-state index contributed by atoms with van der Waals surface area (Å²) in [5.74, 6) is 0. The van der Waals surface area contributed by atoms with E-state index >= 15 is 0 Å². The van der Waals surface area contributed by atoms with Crippen molar-refractivity contribution in [3.8, 4) is 0 Å². The first-order chi connectivity index (χ1) is 7.33. The maximum atomic E-state index is 5.58. The van der Waals surface area contributed by atoms with Crippen LogP contribution in [-0.4, -0.2) is 56.4 Å². The van der Waals surface area contributed by atoms with Gasteiger partial charge in [-0.05, 0) is 19.3 Å². The van der Waals surface area contributed by atoms with Gasteiger partial charge < -0.3 is 15.8 Å². The van der Waals surface area contributed by atoms with E-state index in [1.54, 1.807) is 7.11 Å². The molecule has 0 spiro atoms. The molecular weight excluding hydrogens is 190 g/mol. The smallest absolute Gasteiger partial charge is 0.0817 e. The molecule has 0 aromatic carbocycles. The van der Waals surface area contributed by atoms with Gasteiger partial charge in [0.25, 0.3) is 0 Å². The van der Waals surface area contributed by atoms with E-state index in [4.69, 9.17) is 10.5 Å². The number of nitrogens with two attached hydrogens (primary N) is 1. The van der Waals surface area contributed by atoms with E-state index in [0.29, 0.717) is 12.6 Å². The molecule has 2 unspecified atom stereocenters. The van der Waals surface area contributed by atoms with E-state index in [-0.39, 0.29) is 6.10 Å². The van der Waals surface area contributed by atoms with Crippen molar-refractivity contribution < 1.29 is 4.74 Å². The van der Waals surface area contributed by atoms with Crippen molar-refractivity contribution in [1.29, 1.82) is 0 Å². The van der Waals surface area contributed by atoms with Gasteiger partial charge in [0.2, 0.25) is 0 Å². The first-order valence-corrected chi connectivity index (χ1v) is 6.03. The molecule has 0 amide bonds. The van der Waals surface area contributed by atoms with Gasteiger partial charge >= 0.3 is 0 Å². The van der Waals surface area contributed by atoms with Crippen LogP contribution in [0.1, 0.15) is 19.3 Å². The first-order valence-electron chi connectivity index (χ1n) is 6.03. The summed E-state index contributed by atoms with van der Waals surface area (Å²) in [7, 11) is 1.73. The first kappa shape index (κ1) is 11.3. The predicted octanol–water partition coefficient (Wildman–Crippen LogP) is -0.214. The summed E-state index contributed by atoms with van der Waals surface area (Å²) in [5, 5.41) is 3.55. The molecular formula is C11H23N3O. The highest BCUT2D eigenvalue weighted by molar-refractivity contribution is 4.92. The van der Waals surface area contributed by atoms with Crippen LogP contribution in [0.3, 0.4) is 0 Å². The minimum Gasteiger partial charge on any atom is -0.379 e. The second-order valence-electron chi connectivity index (χ2n) is 4.71. The van der Waals surface area contributed by atoms with Crippen LogP contribution in [0.25, 0.3) is 0 Å². The Morgan fingerprint density at radius 3 is 2.87 bits per heavy atom. The Labute approximate surface area is 92.1 Å².